The van der Waals surface area contributed by atoms with E-state index in [1.165, 1.54) is 0 Å². The van der Waals surface area contributed by atoms with E-state index >= 15 is 0 Å². The molecule has 8 heteroatoms. The summed E-state index contributed by atoms with van der Waals surface area (Å²) in [6.45, 7) is 0.250. The van der Waals surface area contributed by atoms with Crippen molar-refractivity contribution in [3.05, 3.63) is 48.9 Å². The van der Waals surface area contributed by atoms with Crippen molar-refractivity contribution in [2.75, 3.05) is 12.1 Å². The summed E-state index contributed by atoms with van der Waals surface area (Å²) in [5.41, 5.74) is 3.50. The largest absolute Gasteiger partial charge is 0.454 e. The molecule has 0 spiro atoms. The van der Waals surface area contributed by atoms with E-state index in [9.17, 15) is 0 Å². The van der Waals surface area contributed by atoms with Gasteiger partial charge in [0.25, 0.3) is 0 Å². The summed E-state index contributed by atoms with van der Waals surface area (Å²) in [6.07, 6.45) is 7.60. The Morgan fingerprint density at radius 2 is 1.86 bits per heavy atom. The first-order valence-electron chi connectivity index (χ1n) is 9.17. The summed E-state index contributed by atoms with van der Waals surface area (Å²) in [4.78, 5) is 18.1. The average molecular weight is 372 g/mol. The molecule has 1 aliphatic heterocycles. The van der Waals surface area contributed by atoms with E-state index in [0.29, 0.717) is 17.7 Å². The normalized spacial score (nSPS) is 15.1. The van der Waals surface area contributed by atoms with E-state index in [4.69, 9.17) is 19.4 Å². The van der Waals surface area contributed by atoms with Crippen molar-refractivity contribution in [2.45, 2.75) is 18.9 Å². The summed E-state index contributed by atoms with van der Waals surface area (Å²) in [5.74, 6) is 2.90. The van der Waals surface area contributed by atoms with Crippen LogP contribution in [0.15, 0.2) is 48.9 Å². The number of fused-ring (bicyclic) bond motifs is 2. The van der Waals surface area contributed by atoms with Gasteiger partial charge in [-0.2, -0.15) is 4.98 Å². The van der Waals surface area contributed by atoms with Crippen LogP contribution >= 0.6 is 0 Å². The fourth-order valence-corrected chi connectivity index (χ4v) is 3.44. The Morgan fingerprint density at radius 1 is 1.00 bits per heavy atom. The van der Waals surface area contributed by atoms with Crippen LogP contribution in [-0.2, 0) is 0 Å². The molecule has 1 fully saturated rings. The Kier molecular flexibility index (Phi) is 3.25. The molecule has 3 aromatic heterocycles. The molecule has 2 aliphatic rings. The van der Waals surface area contributed by atoms with Gasteiger partial charge in [-0.25, -0.2) is 9.97 Å². The standard InChI is InChI=1S/C20H16N6O2/c1-4-16-17(28-11-27-16)9-13(1)23-20-22-10-15-19(25-20)26(14-2-3-14)18(24-15)12-5-7-21-8-6-12/h1,4-10,14H,2-3,11H2,(H,22,23,25). The summed E-state index contributed by atoms with van der Waals surface area (Å²) in [6, 6.07) is 10.1. The van der Waals surface area contributed by atoms with Crippen LogP contribution in [0.1, 0.15) is 18.9 Å². The summed E-state index contributed by atoms with van der Waals surface area (Å²) < 4.78 is 13.0. The van der Waals surface area contributed by atoms with E-state index in [0.717, 1.165) is 46.8 Å². The number of anilines is 2. The van der Waals surface area contributed by atoms with E-state index in [1.54, 1.807) is 18.6 Å². The van der Waals surface area contributed by atoms with Crippen molar-refractivity contribution in [1.29, 1.82) is 0 Å². The lowest BCUT2D eigenvalue weighted by Crippen LogP contribution is -2.01. The minimum Gasteiger partial charge on any atom is -0.454 e. The zero-order valence-electron chi connectivity index (χ0n) is 14.9. The van der Waals surface area contributed by atoms with Crippen molar-refractivity contribution in [2.24, 2.45) is 0 Å². The Labute approximate surface area is 160 Å². The smallest absolute Gasteiger partial charge is 0.231 e. The lowest BCUT2D eigenvalue weighted by molar-refractivity contribution is 0.174. The van der Waals surface area contributed by atoms with Gasteiger partial charge in [-0.3, -0.25) is 4.98 Å². The van der Waals surface area contributed by atoms with Crippen molar-refractivity contribution in [3.63, 3.8) is 0 Å². The highest BCUT2D eigenvalue weighted by Crippen LogP contribution is 2.41. The second-order valence-electron chi connectivity index (χ2n) is 6.87. The first-order chi connectivity index (χ1) is 13.8. The molecule has 138 valence electrons. The Balaban J connectivity index is 1.41. The van der Waals surface area contributed by atoms with Gasteiger partial charge in [0, 0.05) is 35.8 Å². The first-order valence-corrected chi connectivity index (χ1v) is 9.17. The number of hydrogen-bond donors (Lipinski definition) is 1. The first kappa shape index (κ1) is 15.4. The number of hydrogen-bond acceptors (Lipinski definition) is 7. The Hall–Kier alpha value is -3.68. The van der Waals surface area contributed by atoms with Crippen molar-refractivity contribution >= 4 is 22.8 Å². The van der Waals surface area contributed by atoms with Gasteiger partial charge < -0.3 is 19.4 Å². The summed E-state index contributed by atoms with van der Waals surface area (Å²) in [7, 11) is 0. The van der Waals surface area contributed by atoms with Crippen LogP contribution in [-0.4, -0.2) is 31.3 Å². The molecular weight excluding hydrogens is 356 g/mol. The fraction of sp³-hybridized carbons (Fsp3) is 0.200. The molecule has 4 heterocycles. The minimum atomic E-state index is 0.250. The fourth-order valence-electron chi connectivity index (χ4n) is 3.44. The van der Waals surface area contributed by atoms with Gasteiger partial charge in [-0.05, 0) is 37.1 Å². The van der Waals surface area contributed by atoms with Gasteiger partial charge in [0.1, 0.15) is 11.3 Å². The van der Waals surface area contributed by atoms with Crippen LogP contribution in [0.5, 0.6) is 11.5 Å². The summed E-state index contributed by atoms with van der Waals surface area (Å²) in [5, 5.41) is 3.25. The molecule has 4 aromatic rings. The zero-order chi connectivity index (χ0) is 18.5. The molecule has 1 N–H and O–H groups in total. The molecule has 0 saturated heterocycles. The lowest BCUT2D eigenvalue weighted by Gasteiger charge is -2.08. The highest BCUT2D eigenvalue weighted by atomic mass is 16.7. The number of ether oxygens (including phenoxy) is 2. The predicted molar refractivity (Wildman–Crippen MR) is 103 cm³/mol. The monoisotopic (exact) mass is 372 g/mol. The van der Waals surface area contributed by atoms with Crippen LogP contribution in [0.3, 0.4) is 0 Å². The number of benzene rings is 1. The molecule has 0 unspecified atom stereocenters. The van der Waals surface area contributed by atoms with Crippen LogP contribution < -0.4 is 14.8 Å². The highest BCUT2D eigenvalue weighted by molar-refractivity contribution is 5.78. The molecule has 1 saturated carbocycles. The average Bonchev–Trinajstić information content (AvgIpc) is 3.33. The third kappa shape index (κ3) is 2.53. The molecule has 1 aromatic carbocycles. The van der Waals surface area contributed by atoms with Crippen molar-refractivity contribution in [1.82, 2.24) is 24.5 Å². The maximum absolute atomic E-state index is 5.44. The summed E-state index contributed by atoms with van der Waals surface area (Å²) >= 11 is 0. The van der Waals surface area contributed by atoms with Crippen LogP contribution in [0, 0.1) is 0 Å². The van der Waals surface area contributed by atoms with E-state index in [1.807, 2.05) is 30.3 Å². The molecule has 6 rings (SSSR count). The Morgan fingerprint density at radius 3 is 2.71 bits per heavy atom. The predicted octanol–water partition coefficient (Wildman–Crippen LogP) is 3.70. The third-order valence-corrected chi connectivity index (χ3v) is 4.91. The van der Waals surface area contributed by atoms with Gasteiger partial charge >= 0.3 is 0 Å². The molecule has 28 heavy (non-hydrogen) atoms. The van der Waals surface area contributed by atoms with Crippen molar-refractivity contribution < 1.29 is 9.47 Å². The number of pyridine rings is 1. The molecular formula is C20H16N6O2. The van der Waals surface area contributed by atoms with Crippen LogP contribution in [0.25, 0.3) is 22.6 Å². The van der Waals surface area contributed by atoms with E-state index in [2.05, 4.69) is 19.9 Å². The number of aromatic nitrogens is 5. The number of nitrogens with one attached hydrogen (secondary N) is 1. The second kappa shape index (κ2) is 5.91. The van der Waals surface area contributed by atoms with Crippen LogP contribution in [0.2, 0.25) is 0 Å². The van der Waals surface area contributed by atoms with E-state index < -0.39 is 0 Å². The highest BCUT2D eigenvalue weighted by Gasteiger charge is 2.29. The van der Waals surface area contributed by atoms with Crippen LogP contribution in [0.4, 0.5) is 11.6 Å². The minimum absolute atomic E-state index is 0.250. The maximum Gasteiger partial charge on any atom is 0.231 e. The lowest BCUT2D eigenvalue weighted by atomic mass is 10.2. The van der Waals surface area contributed by atoms with Gasteiger partial charge in [-0.15, -0.1) is 0 Å². The quantitative estimate of drug-likeness (QED) is 0.584. The van der Waals surface area contributed by atoms with Gasteiger partial charge in [-0.1, -0.05) is 0 Å². The van der Waals surface area contributed by atoms with Gasteiger partial charge in [0.15, 0.2) is 17.1 Å². The molecule has 0 amide bonds. The molecule has 8 nitrogen and oxygen atoms in total. The third-order valence-electron chi connectivity index (χ3n) is 4.91. The Bertz CT molecular complexity index is 1190. The number of rotatable bonds is 4. The molecule has 0 bridgehead atoms. The molecule has 1 aliphatic carbocycles. The molecule has 0 radical (unpaired) electrons. The topological polar surface area (TPSA) is 87.0 Å². The SMILES string of the molecule is c1cc(-c2nc3cnc(Nc4ccc5c(c4)OCO5)nc3n2C2CC2)ccn1. The number of imidazole rings is 1. The number of nitrogens with zero attached hydrogens (tertiary/aromatic N) is 5. The molecule has 0 atom stereocenters. The maximum atomic E-state index is 5.44. The zero-order valence-corrected chi connectivity index (χ0v) is 14.9. The van der Waals surface area contributed by atoms with Crippen molar-refractivity contribution in [3.8, 4) is 22.9 Å². The second-order valence-corrected chi connectivity index (χ2v) is 6.87. The van der Waals surface area contributed by atoms with Gasteiger partial charge in [0.2, 0.25) is 12.7 Å². The van der Waals surface area contributed by atoms with E-state index in [-0.39, 0.29) is 6.79 Å². The van der Waals surface area contributed by atoms with Gasteiger partial charge in [0.05, 0.1) is 6.20 Å².